The number of amides is 2. The lowest BCUT2D eigenvalue weighted by Crippen LogP contribution is -2.34. The van der Waals surface area contributed by atoms with Crippen LogP contribution in [0.25, 0.3) is 5.69 Å². The summed E-state index contributed by atoms with van der Waals surface area (Å²) >= 11 is 5.75. The summed E-state index contributed by atoms with van der Waals surface area (Å²) in [6, 6.07) is 4.98. The molecule has 2 aromatic rings. The number of benzene rings is 1. The van der Waals surface area contributed by atoms with Gasteiger partial charge in [-0.05, 0) is 30.7 Å². The highest BCUT2D eigenvalue weighted by Gasteiger charge is 2.40. The van der Waals surface area contributed by atoms with E-state index in [1.165, 1.54) is 29.2 Å². The maximum Gasteiger partial charge on any atom is 0.435 e. The van der Waals surface area contributed by atoms with Crippen molar-refractivity contribution >= 4 is 23.3 Å². The van der Waals surface area contributed by atoms with Crippen molar-refractivity contribution in [3.63, 3.8) is 0 Å². The van der Waals surface area contributed by atoms with Crippen molar-refractivity contribution in [2.24, 2.45) is 0 Å². The molecule has 1 unspecified atom stereocenters. The van der Waals surface area contributed by atoms with Gasteiger partial charge in [0.05, 0.1) is 23.7 Å². The van der Waals surface area contributed by atoms with Crippen LogP contribution >= 0.6 is 11.6 Å². The molecule has 0 spiro atoms. The lowest BCUT2D eigenvalue weighted by Gasteiger charge is -2.17. The zero-order valence-corrected chi connectivity index (χ0v) is 13.6. The molecule has 1 atom stereocenters. The molecule has 1 fully saturated rings. The van der Waals surface area contributed by atoms with Crippen molar-refractivity contribution in [1.82, 2.24) is 14.7 Å². The van der Waals surface area contributed by atoms with E-state index in [4.69, 9.17) is 11.6 Å². The summed E-state index contributed by atoms with van der Waals surface area (Å²) in [5, 5.41) is 15.8. The molecule has 134 valence electrons. The SMILES string of the molecule is O=C(Nc1cnn(-c2ccc(Cl)cc2)c1C(F)(F)F)N1CCC(O)C1. The van der Waals surface area contributed by atoms with Gasteiger partial charge in [0.15, 0.2) is 5.69 Å². The fourth-order valence-electron chi connectivity index (χ4n) is 2.61. The number of carbonyl (C=O) groups excluding carboxylic acids is 1. The summed E-state index contributed by atoms with van der Waals surface area (Å²) < 4.78 is 41.2. The molecular weight excluding hydrogens is 361 g/mol. The van der Waals surface area contributed by atoms with Crippen molar-refractivity contribution in [3.05, 3.63) is 41.2 Å². The van der Waals surface area contributed by atoms with Crippen LogP contribution in [-0.4, -0.2) is 45.0 Å². The van der Waals surface area contributed by atoms with E-state index in [2.05, 4.69) is 10.4 Å². The Hall–Kier alpha value is -2.26. The van der Waals surface area contributed by atoms with Crippen LogP contribution in [0.3, 0.4) is 0 Å². The Kier molecular flexibility index (Phi) is 4.61. The number of hydrogen-bond donors (Lipinski definition) is 2. The highest BCUT2D eigenvalue weighted by atomic mass is 35.5. The van der Waals surface area contributed by atoms with Gasteiger partial charge in [0.1, 0.15) is 0 Å². The summed E-state index contributed by atoms with van der Waals surface area (Å²) in [5.74, 6) is 0. The van der Waals surface area contributed by atoms with Gasteiger partial charge in [0, 0.05) is 18.1 Å². The number of urea groups is 1. The number of rotatable bonds is 2. The van der Waals surface area contributed by atoms with E-state index in [-0.39, 0.29) is 18.8 Å². The molecule has 1 aliphatic heterocycles. The molecule has 1 aliphatic rings. The predicted octanol–water partition coefficient (Wildman–Crippen LogP) is 3.14. The van der Waals surface area contributed by atoms with Crippen molar-refractivity contribution in [1.29, 1.82) is 0 Å². The Balaban J connectivity index is 1.92. The number of carbonyl (C=O) groups is 1. The normalized spacial score (nSPS) is 17.8. The van der Waals surface area contributed by atoms with E-state index in [0.29, 0.717) is 16.1 Å². The second kappa shape index (κ2) is 6.57. The number of likely N-dealkylation sites (tertiary alicyclic amines) is 1. The molecule has 2 amide bonds. The third-order valence-electron chi connectivity index (χ3n) is 3.80. The van der Waals surface area contributed by atoms with Crippen LogP contribution in [0.2, 0.25) is 5.02 Å². The third kappa shape index (κ3) is 3.72. The van der Waals surface area contributed by atoms with Gasteiger partial charge < -0.3 is 15.3 Å². The Morgan fingerprint density at radius 3 is 2.56 bits per heavy atom. The van der Waals surface area contributed by atoms with Gasteiger partial charge in [-0.1, -0.05) is 11.6 Å². The Morgan fingerprint density at radius 1 is 1.32 bits per heavy atom. The number of alkyl halides is 3. The van der Waals surface area contributed by atoms with E-state index >= 15 is 0 Å². The molecule has 2 heterocycles. The van der Waals surface area contributed by atoms with Gasteiger partial charge in [-0.25, -0.2) is 9.48 Å². The molecule has 0 saturated carbocycles. The topological polar surface area (TPSA) is 70.4 Å². The van der Waals surface area contributed by atoms with E-state index in [9.17, 15) is 23.1 Å². The van der Waals surface area contributed by atoms with Crippen molar-refractivity contribution in [2.45, 2.75) is 18.7 Å². The van der Waals surface area contributed by atoms with Crippen molar-refractivity contribution in [2.75, 3.05) is 18.4 Å². The minimum atomic E-state index is -4.73. The number of aliphatic hydroxyl groups is 1. The Morgan fingerprint density at radius 2 is 2.00 bits per heavy atom. The first-order valence-corrected chi connectivity index (χ1v) is 7.78. The molecule has 0 aliphatic carbocycles. The summed E-state index contributed by atoms with van der Waals surface area (Å²) in [7, 11) is 0. The van der Waals surface area contributed by atoms with E-state index < -0.39 is 29.7 Å². The number of β-amino-alcohol motifs (C(OH)–C–C–N with tert-alkyl or cyclic N) is 1. The van der Waals surface area contributed by atoms with Crippen LogP contribution in [0.1, 0.15) is 12.1 Å². The zero-order valence-electron chi connectivity index (χ0n) is 12.8. The molecule has 1 saturated heterocycles. The van der Waals surface area contributed by atoms with Crippen molar-refractivity contribution in [3.8, 4) is 5.69 Å². The average molecular weight is 375 g/mol. The van der Waals surface area contributed by atoms with Crippen LogP contribution in [-0.2, 0) is 6.18 Å². The van der Waals surface area contributed by atoms with E-state index in [0.717, 1.165) is 6.20 Å². The average Bonchev–Trinajstić information content (AvgIpc) is 3.14. The molecule has 0 radical (unpaired) electrons. The molecule has 10 heteroatoms. The molecule has 25 heavy (non-hydrogen) atoms. The molecule has 0 bridgehead atoms. The fraction of sp³-hybridized carbons (Fsp3) is 0.333. The Labute approximate surface area is 145 Å². The van der Waals surface area contributed by atoms with E-state index in [1.54, 1.807) is 0 Å². The van der Waals surface area contributed by atoms with Crippen LogP contribution in [0, 0.1) is 0 Å². The first-order chi connectivity index (χ1) is 11.8. The second-order valence-electron chi connectivity index (χ2n) is 5.61. The van der Waals surface area contributed by atoms with Gasteiger partial charge >= 0.3 is 12.2 Å². The third-order valence-corrected chi connectivity index (χ3v) is 4.05. The summed E-state index contributed by atoms with van der Waals surface area (Å²) in [4.78, 5) is 13.4. The van der Waals surface area contributed by atoms with Crippen molar-refractivity contribution < 1.29 is 23.1 Å². The van der Waals surface area contributed by atoms with Crippen LogP contribution in [0.4, 0.5) is 23.7 Å². The lowest BCUT2D eigenvalue weighted by molar-refractivity contribution is -0.142. The number of anilines is 1. The number of aromatic nitrogens is 2. The van der Waals surface area contributed by atoms with Gasteiger partial charge in [-0.3, -0.25) is 0 Å². The highest BCUT2D eigenvalue weighted by Crippen LogP contribution is 2.36. The number of nitrogens with one attached hydrogen (secondary N) is 1. The summed E-state index contributed by atoms with van der Waals surface area (Å²) in [6.07, 6.45) is -4.06. The van der Waals surface area contributed by atoms with Gasteiger partial charge in [-0.2, -0.15) is 18.3 Å². The molecule has 2 N–H and O–H groups in total. The smallest absolute Gasteiger partial charge is 0.391 e. The highest BCUT2D eigenvalue weighted by molar-refractivity contribution is 6.30. The monoisotopic (exact) mass is 374 g/mol. The second-order valence-corrected chi connectivity index (χ2v) is 6.05. The molecular formula is C15H14ClF3N4O2. The Bertz CT molecular complexity index is 776. The van der Waals surface area contributed by atoms with Gasteiger partial charge in [0.25, 0.3) is 0 Å². The quantitative estimate of drug-likeness (QED) is 0.848. The standard InChI is InChI=1S/C15H14ClF3N4O2/c16-9-1-3-10(4-2-9)23-13(15(17,18)19)12(7-20-23)21-14(25)22-6-5-11(24)8-22/h1-4,7,11,24H,5-6,8H2,(H,21,25). The van der Waals surface area contributed by atoms with Crippen LogP contribution in [0.5, 0.6) is 0 Å². The minimum Gasteiger partial charge on any atom is -0.391 e. The largest absolute Gasteiger partial charge is 0.435 e. The molecule has 3 rings (SSSR count). The fourth-order valence-corrected chi connectivity index (χ4v) is 2.74. The van der Waals surface area contributed by atoms with Crippen LogP contribution in [0.15, 0.2) is 30.5 Å². The first kappa shape index (κ1) is 17.6. The summed E-state index contributed by atoms with van der Waals surface area (Å²) in [5.41, 5.74) is -1.38. The van der Waals surface area contributed by atoms with E-state index in [1.807, 2.05) is 0 Å². The van der Waals surface area contributed by atoms with Gasteiger partial charge in [-0.15, -0.1) is 0 Å². The zero-order chi connectivity index (χ0) is 18.2. The summed E-state index contributed by atoms with van der Waals surface area (Å²) in [6.45, 7) is 0.359. The molecule has 1 aromatic carbocycles. The number of hydrogen-bond acceptors (Lipinski definition) is 3. The number of aliphatic hydroxyl groups excluding tert-OH is 1. The van der Waals surface area contributed by atoms with Crippen LogP contribution < -0.4 is 5.32 Å². The minimum absolute atomic E-state index is 0.0819. The maximum absolute atomic E-state index is 13.5. The number of nitrogens with zero attached hydrogens (tertiary/aromatic N) is 3. The number of halogens is 4. The van der Waals surface area contributed by atoms with Gasteiger partial charge in [0.2, 0.25) is 0 Å². The molecule has 1 aromatic heterocycles. The lowest BCUT2D eigenvalue weighted by atomic mass is 10.3. The predicted molar refractivity (Wildman–Crippen MR) is 84.8 cm³/mol. The molecule has 6 nitrogen and oxygen atoms in total. The maximum atomic E-state index is 13.5. The first-order valence-electron chi connectivity index (χ1n) is 7.41.